The summed E-state index contributed by atoms with van der Waals surface area (Å²) in [5.41, 5.74) is 6.96. The first-order valence-corrected chi connectivity index (χ1v) is 12.9. The molecule has 0 aliphatic rings. The van der Waals surface area contributed by atoms with Crippen LogP contribution in [0.15, 0.2) is 54.9 Å². The van der Waals surface area contributed by atoms with Crippen LogP contribution in [0.5, 0.6) is 0 Å². The zero-order valence-electron chi connectivity index (χ0n) is 21.3. The fourth-order valence-corrected chi connectivity index (χ4v) is 5.70. The molecule has 3 heterocycles. The Hall–Kier alpha value is -4.19. The number of fused-ring (bicyclic) bond motifs is 2. The molecule has 0 saturated carbocycles. The Labute approximate surface area is 219 Å². The molecule has 0 bridgehead atoms. The van der Waals surface area contributed by atoms with Crippen LogP contribution in [-0.2, 0) is 0 Å². The lowest BCUT2D eigenvalue weighted by Gasteiger charge is -2.13. The first-order valence-electron chi connectivity index (χ1n) is 12.1. The third kappa shape index (κ3) is 4.67. The number of hydrogen-bond acceptors (Lipinski definition) is 6. The van der Waals surface area contributed by atoms with Gasteiger partial charge in [-0.25, -0.2) is 4.98 Å². The van der Waals surface area contributed by atoms with Crippen LogP contribution in [0.2, 0.25) is 0 Å². The van der Waals surface area contributed by atoms with Crippen molar-refractivity contribution in [2.45, 2.75) is 13.8 Å². The second-order valence-corrected chi connectivity index (χ2v) is 10.3. The average molecular weight is 509 g/mol. The maximum atomic E-state index is 12.7. The van der Waals surface area contributed by atoms with E-state index >= 15 is 0 Å². The molecular formula is C29H28N6OS. The van der Waals surface area contributed by atoms with Gasteiger partial charge in [0.2, 0.25) is 0 Å². The lowest BCUT2D eigenvalue weighted by atomic mass is 10.0. The number of likely N-dealkylation sites (N-methyl/N-ethyl adjacent to an activating group) is 1. The van der Waals surface area contributed by atoms with Crippen LogP contribution >= 0.6 is 11.3 Å². The number of rotatable bonds is 7. The van der Waals surface area contributed by atoms with E-state index in [1.807, 2.05) is 68.5 Å². The van der Waals surface area contributed by atoms with Gasteiger partial charge in [0.1, 0.15) is 10.9 Å². The monoisotopic (exact) mass is 508 g/mol. The first-order chi connectivity index (χ1) is 17.9. The molecular weight excluding hydrogens is 480 g/mol. The number of carbonyl (C=O) groups excluding carboxylic acids is 1. The summed E-state index contributed by atoms with van der Waals surface area (Å²) in [6, 6.07) is 16.1. The van der Waals surface area contributed by atoms with Crippen molar-refractivity contribution in [1.82, 2.24) is 20.2 Å². The van der Waals surface area contributed by atoms with Crippen LogP contribution in [0.3, 0.4) is 0 Å². The van der Waals surface area contributed by atoms with Crippen molar-refractivity contribution in [3.63, 3.8) is 0 Å². The number of pyridine rings is 1. The third-order valence-corrected chi connectivity index (χ3v) is 7.82. The predicted molar refractivity (Wildman–Crippen MR) is 152 cm³/mol. The van der Waals surface area contributed by atoms with Crippen LogP contribution in [0.1, 0.15) is 27.0 Å². The maximum absolute atomic E-state index is 12.7. The van der Waals surface area contributed by atoms with Crippen molar-refractivity contribution in [3.8, 4) is 16.5 Å². The van der Waals surface area contributed by atoms with E-state index in [0.29, 0.717) is 17.7 Å². The normalized spacial score (nSPS) is 11.2. The number of carbonyl (C=O) groups is 1. The number of nitriles is 1. The molecule has 5 aromatic rings. The molecule has 0 atom stereocenters. The van der Waals surface area contributed by atoms with Crippen LogP contribution in [0, 0.1) is 25.2 Å². The fourth-order valence-electron chi connectivity index (χ4n) is 4.55. The highest BCUT2D eigenvalue weighted by atomic mass is 32.1. The van der Waals surface area contributed by atoms with E-state index in [2.05, 4.69) is 39.7 Å². The number of aryl methyl sites for hydroxylation is 2. The van der Waals surface area contributed by atoms with Gasteiger partial charge >= 0.3 is 0 Å². The van der Waals surface area contributed by atoms with Crippen LogP contribution in [0.4, 0.5) is 11.4 Å². The van der Waals surface area contributed by atoms with Gasteiger partial charge in [-0.1, -0.05) is 12.1 Å². The highest BCUT2D eigenvalue weighted by Gasteiger charge is 2.19. The zero-order valence-corrected chi connectivity index (χ0v) is 22.1. The van der Waals surface area contributed by atoms with Crippen molar-refractivity contribution in [3.05, 3.63) is 77.1 Å². The van der Waals surface area contributed by atoms with Gasteiger partial charge in [-0.15, -0.1) is 11.3 Å². The van der Waals surface area contributed by atoms with Crippen LogP contribution < -0.4 is 10.6 Å². The van der Waals surface area contributed by atoms with Crippen molar-refractivity contribution >= 4 is 49.7 Å². The molecule has 186 valence electrons. The maximum Gasteiger partial charge on any atom is 0.251 e. The second kappa shape index (κ2) is 10.1. The van der Waals surface area contributed by atoms with E-state index in [0.717, 1.165) is 60.6 Å². The molecule has 0 fully saturated rings. The number of thiophene rings is 1. The second-order valence-electron chi connectivity index (χ2n) is 9.34. The summed E-state index contributed by atoms with van der Waals surface area (Å²) in [7, 11) is 3.96. The first kappa shape index (κ1) is 24.5. The highest BCUT2D eigenvalue weighted by molar-refractivity contribution is 7.22. The average Bonchev–Trinajstić information content (AvgIpc) is 3.51. The van der Waals surface area contributed by atoms with E-state index in [-0.39, 0.29) is 5.91 Å². The van der Waals surface area contributed by atoms with E-state index < -0.39 is 0 Å². The molecule has 1 amide bonds. The number of aromatic amines is 1. The van der Waals surface area contributed by atoms with Gasteiger partial charge in [0, 0.05) is 57.9 Å². The van der Waals surface area contributed by atoms with E-state index in [9.17, 15) is 10.1 Å². The summed E-state index contributed by atoms with van der Waals surface area (Å²) in [6.45, 7) is 5.49. The third-order valence-electron chi connectivity index (χ3n) is 6.57. The minimum atomic E-state index is -0.0923. The molecule has 0 radical (unpaired) electrons. The molecule has 37 heavy (non-hydrogen) atoms. The van der Waals surface area contributed by atoms with Crippen molar-refractivity contribution in [2.24, 2.45) is 0 Å². The quantitative estimate of drug-likeness (QED) is 0.252. The smallest absolute Gasteiger partial charge is 0.251 e. The van der Waals surface area contributed by atoms with E-state index in [1.165, 1.54) is 0 Å². The Morgan fingerprint density at radius 3 is 2.78 bits per heavy atom. The SMILES string of the molecule is Cc1c(Nc2c(C#N)cnc3sc(-c4cccc(C(=O)NCCN(C)C)c4)c(C)c23)ccc2[nH]ccc12. The van der Waals surface area contributed by atoms with Gasteiger partial charge in [-0.2, -0.15) is 5.26 Å². The number of nitrogens with zero attached hydrogens (tertiary/aromatic N) is 3. The molecule has 2 aromatic carbocycles. The molecule has 0 unspecified atom stereocenters. The van der Waals surface area contributed by atoms with Gasteiger partial charge in [0.15, 0.2) is 0 Å². The van der Waals surface area contributed by atoms with Gasteiger partial charge in [-0.3, -0.25) is 4.79 Å². The minimum absolute atomic E-state index is 0.0923. The van der Waals surface area contributed by atoms with E-state index in [4.69, 9.17) is 0 Å². The van der Waals surface area contributed by atoms with Crippen LogP contribution in [0.25, 0.3) is 31.6 Å². The molecule has 0 saturated heterocycles. The number of benzene rings is 2. The minimum Gasteiger partial charge on any atom is -0.361 e. The molecule has 8 heteroatoms. The molecule has 7 nitrogen and oxygen atoms in total. The molecule has 0 spiro atoms. The summed E-state index contributed by atoms with van der Waals surface area (Å²) in [5, 5.41) is 18.5. The van der Waals surface area contributed by atoms with Crippen LogP contribution in [-0.4, -0.2) is 48.0 Å². The van der Waals surface area contributed by atoms with Gasteiger partial charge in [-0.05, 0) is 75.0 Å². The summed E-state index contributed by atoms with van der Waals surface area (Å²) >= 11 is 1.57. The Kier molecular flexibility index (Phi) is 6.66. The van der Waals surface area contributed by atoms with Crippen molar-refractivity contribution in [2.75, 3.05) is 32.5 Å². The summed E-state index contributed by atoms with van der Waals surface area (Å²) in [5.74, 6) is -0.0923. The summed E-state index contributed by atoms with van der Waals surface area (Å²) < 4.78 is 0. The van der Waals surface area contributed by atoms with Crippen molar-refractivity contribution in [1.29, 1.82) is 5.26 Å². The fraction of sp³-hybridized carbons (Fsp3) is 0.207. The van der Waals surface area contributed by atoms with Crippen molar-refractivity contribution < 1.29 is 4.79 Å². The lowest BCUT2D eigenvalue weighted by Crippen LogP contribution is -2.31. The standard InChI is InChI=1S/C29H28N6OS/c1-17-22-10-11-31-24(22)9-8-23(17)34-26-21(15-30)16-33-29-25(26)18(2)27(37-29)19-6-5-7-20(14-19)28(36)32-12-13-35(3)4/h5-11,14,16,31H,12-13H2,1-4H3,(H,32,36)(H,33,34). The van der Waals surface area contributed by atoms with E-state index in [1.54, 1.807) is 17.5 Å². The summed E-state index contributed by atoms with van der Waals surface area (Å²) in [4.78, 5) is 24.5. The number of amides is 1. The molecule has 3 N–H and O–H groups in total. The predicted octanol–water partition coefficient (Wildman–Crippen LogP) is 5.97. The number of hydrogen-bond donors (Lipinski definition) is 3. The summed E-state index contributed by atoms with van der Waals surface area (Å²) in [6.07, 6.45) is 3.56. The molecule has 3 aromatic heterocycles. The Balaban J connectivity index is 1.55. The number of aromatic nitrogens is 2. The zero-order chi connectivity index (χ0) is 26.1. The highest BCUT2D eigenvalue weighted by Crippen LogP contribution is 2.43. The molecule has 0 aliphatic heterocycles. The topological polar surface area (TPSA) is 96.8 Å². The number of nitrogens with one attached hydrogen (secondary N) is 3. The number of H-pyrrole nitrogens is 1. The Morgan fingerprint density at radius 2 is 2.00 bits per heavy atom. The molecule has 5 rings (SSSR count). The Morgan fingerprint density at radius 1 is 1.16 bits per heavy atom. The lowest BCUT2D eigenvalue weighted by molar-refractivity contribution is 0.0951. The Bertz CT molecular complexity index is 1670. The van der Waals surface area contributed by atoms with Gasteiger partial charge in [0.25, 0.3) is 5.91 Å². The number of anilines is 2. The largest absolute Gasteiger partial charge is 0.361 e. The van der Waals surface area contributed by atoms with Gasteiger partial charge in [0.05, 0.1) is 11.3 Å². The van der Waals surface area contributed by atoms with Gasteiger partial charge < -0.3 is 20.5 Å². The molecule has 0 aliphatic carbocycles.